The second-order valence-electron chi connectivity index (χ2n) is 7.63. The van der Waals surface area contributed by atoms with Crippen LogP contribution in [0.2, 0.25) is 5.02 Å². The zero-order valence-electron chi connectivity index (χ0n) is 19.3. The fourth-order valence-corrected chi connectivity index (χ4v) is 4.16. The van der Waals surface area contributed by atoms with Gasteiger partial charge in [0.15, 0.2) is 0 Å². The van der Waals surface area contributed by atoms with Gasteiger partial charge in [0.1, 0.15) is 17.3 Å². The third-order valence-corrected chi connectivity index (χ3v) is 6.20. The third kappa shape index (κ3) is 4.99. The lowest BCUT2D eigenvalue weighted by Gasteiger charge is -2.29. The average Bonchev–Trinajstić information content (AvgIpc) is 3.09. The van der Waals surface area contributed by atoms with Gasteiger partial charge in [-0.15, -0.1) is 0 Å². The first-order chi connectivity index (χ1) is 15.9. The number of rotatable bonds is 9. The molecule has 1 N–H and O–H groups in total. The molecule has 8 heteroatoms. The van der Waals surface area contributed by atoms with Crippen LogP contribution >= 0.6 is 11.6 Å². The molecule has 1 saturated heterocycles. The van der Waals surface area contributed by atoms with Crippen molar-refractivity contribution < 1.29 is 24.2 Å². The first-order valence-electron chi connectivity index (χ1n) is 10.8. The molecule has 0 unspecified atom stereocenters. The Morgan fingerprint density at radius 3 is 2.30 bits per heavy atom. The van der Waals surface area contributed by atoms with Gasteiger partial charge in [0.25, 0.3) is 11.7 Å². The maximum Gasteiger partial charge on any atom is 0.295 e. The van der Waals surface area contributed by atoms with Gasteiger partial charge in [0, 0.05) is 35.3 Å². The van der Waals surface area contributed by atoms with E-state index < -0.39 is 17.7 Å². The summed E-state index contributed by atoms with van der Waals surface area (Å²) < 4.78 is 10.9. The first-order valence-corrected chi connectivity index (χ1v) is 11.2. The lowest BCUT2D eigenvalue weighted by atomic mass is 9.94. The van der Waals surface area contributed by atoms with Gasteiger partial charge in [-0.25, -0.2) is 0 Å². The molecule has 1 fully saturated rings. The van der Waals surface area contributed by atoms with Gasteiger partial charge in [-0.2, -0.15) is 0 Å². The number of aliphatic hydroxyl groups excluding tert-OH is 1. The van der Waals surface area contributed by atoms with Crippen LogP contribution in [-0.2, 0) is 9.59 Å². The van der Waals surface area contributed by atoms with Crippen molar-refractivity contribution in [1.82, 2.24) is 9.80 Å². The van der Waals surface area contributed by atoms with E-state index in [0.29, 0.717) is 40.7 Å². The SMILES string of the molecule is CCN(CC)CCN1C(=O)C(=O)/C(=C(/O)c2ccc(Cl)cc2)[C@H]1c1ccc(OC)cc1OC. The molecule has 1 atom stereocenters. The van der Waals surface area contributed by atoms with Gasteiger partial charge in [0.05, 0.1) is 25.8 Å². The number of likely N-dealkylation sites (N-methyl/N-ethyl adjacent to an activating group) is 1. The number of ether oxygens (including phenoxy) is 2. The summed E-state index contributed by atoms with van der Waals surface area (Å²) in [6.07, 6.45) is 0. The second kappa shape index (κ2) is 10.7. The highest BCUT2D eigenvalue weighted by Crippen LogP contribution is 2.43. The number of benzene rings is 2. The number of nitrogens with zero attached hydrogens (tertiary/aromatic N) is 2. The fraction of sp³-hybridized carbons (Fsp3) is 0.360. The number of halogens is 1. The van der Waals surface area contributed by atoms with Crippen LogP contribution in [0.1, 0.15) is 31.0 Å². The Labute approximate surface area is 199 Å². The number of methoxy groups -OCH3 is 2. The highest BCUT2D eigenvalue weighted by molar-refractivity contribution is 6.46. The van der Waals surface area contributed by atoms with E-state index >= 15 is 0 Å². The molecule has 1 amide bonds. The van der Waals surface area contributed by atoms with Gasteiger partial charge in [-0.05, 0) is 49.5 Å². The van der Waals surface area contributed by atoms with Crippen molar-refractivity contribution in [2.45, 2.75) is 19.9 Å². The molecule has 0 aliphatic carbocycles. The van der Waals surface area contributed by atoms with E-state index in [1.54, 1.807) is 49.6 Å². The number of carbonyl (C=O) groups is 2. The number of hydrogen-bond acceptors (Lipinski definition) is 6. The number of hydrogen-bond donors (Lipinski definition) is 1. The molecule has 2 aromatic rings. The summed E-state index contributed by atoms with van der Waals surface area (Å²) in [6.45, 7) is 6.65. The van der Waals surface area contributed by atoms with Gasteiger partial charge >= 0.3 is 0 Å². The largest absolute Gasteiger partial charge is 0.507 e. The van der Waals surface area contributed by atoms with Crippen LogP contribution in [0.5, 0.6) is 11.5 Å². The molecule has 33 heavy (non-hydrogen) atoms. The lowest BCUT2D eigenvalue weighted by Crippen LogP contribution is -2.38. The van der Waals surface area contributed by atoms with Crippen LogP contribution < -0.4 is 9.47 Å². The molecule has 7 nitrogen and oxygen atoms in total. The van der Waals surface area contributed by atoms with Crippen LogP contribution in [0.15, 0.2) is 48.0 Å². The number of likely N-dealkylation sites (tertiary alicyclic amines) is 1. The molecule has 0 aromatic heterocycles. The van der Waals surface area contributed by atoms with Crippen LogP contribution in [0, 0.1) is 0 Å². The van der Waals surface area contributed by atoms with Crippen LogP contribution in [-0.4, -0.2) is 67.0 Å². The summed E-state index contributed by atoms with van der Waals surface area (Å²) in [5.41, 5.74) is 1.01. The minimum atomic E-state index is -0.808. The van der Waals surface area contributed by atoms with Gasteiger partial charge in [0.2, 0.25) is 0 Å². The topological polar surface area (TPSA) is 79.3 Å². The van der Waals surface area contributed by atoms with E-state index in [1.165, 1.54) is 12.0 Å². The molecule has 1 heterocycles. The van der Waals surface area contributed by atoms with E-state index in [0.717, 1.165) is 13.1 Å². The minimum Gasteiger partial charge on any atom is -0.507 e. The summed E-state index contributed by atoms with van der Waals surface area (Å²) in [7, 11) is 3.06. The van der Waals surface area contributed by atoms with Gasteiger partial charge in [-0.1, -0.05) is 25.4 Å². The molecule has 0 radical (unpaired) electrons. The predicted octanol–water partition coefficient (Wildman–Crippen LogP) is 4.12. The zero-order chi connectivity index (χ0) is 24.1. The number of aliphatic hydroxyl groups is 1. The molecule has 1 aliphatic heterocycles. The van der Waals surface area contributed by atoms with Crippen molar-refractivity contribution in [1.29, 1.82) is 0 Å². The Morgan fingerprint density at radius 1 is 1.06 bits per heavy atom. The average molecular weight is 473 g/mol. The Bertz CT molecular complexity index is 1050. The number of ketones is 1. The van der Waals surface area contributed by atoms with E-state index in [9.17, 15) is 14.7 Å². The molecule has 0 spiro atoms. The summed E-state index contributed by atoms with van der Waals surface area (Å²) in [4.78, 5) is 30.0. The second-order valence-corrected chi connectivity index (χ2v) is 8.07. The highest BCUT2D eigenvalue weighted by atomic mass is 35.5. The lowest BCUT2D eigenvalue weighted by molar-refractivity contribution is -0.140. The standard InChI is InChI=1S/C25H29ClN2O5/c1-5-27(6-2)13-14-28-22(19-12-11-18(32-3)15-20(19)33-4)21(24(30)25(28)31)23(29)16-7-9-17(26)10-8-16/h7-12,15,22,29H,5-6,13-14H2,1-4H3/b23-21+/t22-/m1/s1. The molecule has 176 valence electrons. The van der Waals surface area contributed by atoms with E-state index in [1.807, 2.05) is 13.8 Å². The molecule has 2 aromatic carbocycles. The van der Waals surface area contributed by atoms with Crippen molar-refractivity contribution in [3.63, 3.8) is 0 Å². The summed E-state index contributed by atoms with van der Waals surface area (Å²) in [6, 6.07) is 10.9. The molecule has 1 aliphatic rings. The maximum absolute atomic E-state index is 13.2. The molecule has 0 saturated carbocycles. The summed E-state index contributed by atoms with van der Waals surface area (Å²) in [5.74, 6) is -0.604. The van der Waals surface area contributed by atoms with Crippen molar-refractivity contribution in [3.05, 3.63) is 64.2 Å². The van der Waals surface area contributed by atoms with Crippen LogP contribution in [0.4, 0.5) is 0 Å². The van der Waals surface area contributed by atoms with Crippen LogP contribution in [0.3, 0.4) is 0 Å². The first kappa shape index (κ1) is 24.6. The smallest absolute Gasteiger partial charge is 0.295 e. The monoisotopic (exact) mass is 472 g/mol. The third-order valence-electron chi connectivity index (χ3n) is 5.94. The summed E-state index contributed by atoms with van der Waals surface area (Å²) in [5, 5.41) is 11.6. The number of amides is 1. The van der Waals surface area contributed by atoms with E-state index in [-0.39, 0.29) is 11.3 Å². The predicted molar refractivity (Wildman–Crippen MR) is 128 cm³/mol. The van der Waals surface area contributed by atoms with Crippen molar-refractivity contribution in [3.8, 4) is 11.5 Å². The molecular formula is C25H29ClN2O5. The van der Waals surface area contributed by atoms with Gasteiger partial charge in [-0.3, -0.25) is 9.59 Å². The minimum absolute atomic E-state index is 0.0188. The van der Waals surface area contributed by atoms with Gasteiger partial charge < -0.3 is 24.4 Å². The number of Topliss-reactive ketones (excluding diaryl/α,β-unsaturated/α-hetero) is 1. The van der Waals surface area contributed by atoms with Crippen LogP contribution in [0.25, 0.3) is 5.76 Å². The Hall–Kier alpha value is -3.03. The maximum atomic E-state index is 13.2. The highest BCUT2D eigenvalue weighted by Gasteiger charge is 2.47. The molecular weight excluding hydrogens is 444 g/mol. The Morgan fingerprint density at radius 2 is 1.73 bits per heavy atom. The quantitative estimate of drug-likeness (QED) is 0.336. The zero-order valence-corrected chi connectivity index (χ0v) is 20.1. The normalized spacial score (nSPS) is 17.6. The fourth-order valence-electron chi connectivity index (χ4n) is 4.03. The van der Waals surface area contributed by atoms with E-state index in [2.05, 4.69) is 4.90 Å². The molecule has 0 bridgehead atoms. The van der Waals surface area contributed by atoms with Crippen molar-refractivity contribution in [2.24, 2.45) is 0 Å². The summed E-state index contributed by atoms with van der Waals surface area (Å²) >= 11 is 5.98. The Kier molecular flexibility index (Phi) is 8.00. The van der Waals surface area contributed by atoms with Crippen molar-refractivity contribution in [2.75, 3.05) is 40.4 Å². The Balaban J connectivity index is 2.17. The van der Waals surface area contributed by atoms with E-state index in [4.69, 9.17) is 21.1 Å². The molecule has 3 rings (SSSR count). The number of carbonyl (C=O) groups excluding carboxylic acids is 2. The van der Waals surface area contributed by atoms with Crippen molar-refractivity contribution >= 4 is 29.1 Å².